The highest BCUT2D eigenvalue weighted by atomic mass is 127. The molecule has 1 aliphatic carbocycles. The number of carbonyl (C=O) groups excluding carboxylic acids is 1. The van der Waals surface area contributed by atoms with Crippen molar-refractivity contribution in [2.24, 2.45) is 4.99 Å². The number of nitrogens with one attached hydrogen (secondary N) is 3. The third-order valence-electron chi connectivity index (χ3n) is 3.07. The summed E-state index contributed by atoms with van der Waals surface area (Å²) in [5.41, 5.74) is 1.03. The van der Waals surface area contributed by atoms with Gasteiger partial charge in [0.25, 0.3) is 0 Å². The van der Waals surface area contributed by atoms with Crippen molar-refractivity contribution in [1.82, 2.24) is 20.9 Å². The van der Waals surface area contributed by atoms with Gasteiger partial charge < -0.3 is 16.0 Å². The molecule has 0 atom stereocenters. The number of aliphatic imine (C=N–C) groups is 1. The first-order valence-electron chi connectivity index (χ1n) is 7.49. The minimum absolute atomic E-state index is 0. The molecule has 1 fully saturated rings. The Morgan fingerprint density at radius 1 is 1.36 bits per heavy atom. The maximum atomic E-state index is 11.6. The maximum Gasteiger partial charge on any atom is 0.242 e. The van der Waals surface area contributed by atoms with E-state index in [0.29, 0.717) is 12.0 Å². The zero-order chi connectivity index (χ0) is 14.9. The van der Waals surface area contributed by atoms with Crippen molar-refractivity contribution in [3.63, 3.8) is 0 Å². The molecule has 0 unspecified atom stereocenters. The summed E-state index contributed by atoms with van der Waals surface area (Å²) in [5, 5.41) is 9.27. The van der Waals surface area contributed by atoms with Crippen LogP contribution in [-0.4, -0.2) is 42.5 Å². The SMILES string of the molecule is CCNC(=NCC(=O)NC1CC1)NCCc1ccccn1.I. The Labute approximate surface area is 148 Å². The third-order valence-corrected chi connectivity index (χ3v) is 3.07. The predicted octanol–water partition coefficient (Wildman–Crippen LogP) is 1.08. The predicted molar refractivity (Wildman–Crippen MR) is 98.5 cm³/mol. The van der Waals surface area contributed by atoms with E-state index in [4.69, 9.17) is 0 Å². The Hall–Kier alpha value is -1.38. The Morgan fingerprint density at radius 2 is 2.18 bits per heavy atom. The topological polar surface area (TPSA) is 78.4 Å². The van der Waals surface area contributed by atoms with Crippen molar-refractivity contribution in [1.29, 1.82) is 0 Å². The fraction of sp³-hybridized carbons (Fsp3) is 0.533. The normalized spacial score (nSPS) is 14.0. The lowest BCUT2D eigenvalue weighted by Crippen LogP contribution is -2.39. The van der Waals surface area contributed by atoms with Crippen molar-refractivity contribution in [2.45, 2.75) is 32.2 Å². The first kappa shape index (κ1) is 18.7. The summed E-state index contributed by atoms with van der Waals surface area (Å²) in [6.45, 7) is 3.66. The van der Waals surface area contributed by atoms with E-state index in [9.17, 15) is 4.79 Å². The summed E-state index contributed by atoms with van der Waals surface area (Å²) in [4.78, 5) is 20.2. The fourth-order valence-electron chi connectivity index (χ4n) is 1.85. The van der Waals surface area contributed by atoms with Gasteiger partial charge in [0.15, 0.2) is 5.96 Å². The average molecular weight is 417 g/mol. The van der Waals surface area contributed by atoms with E-state index in [2.05, 4.69) is 25.9 Å². The fourth-order valence-corrected chi connectivity index (χ4v) is 1.85. The van der Waals surface area contributed by atoms with Gasteiger partial charge in [-0.05, 0) is 31.9 Å². The highest BCUT2D eigenvalue weighted by Crippen LogP contribution is 2.18. The van der Waals surface area contributed by atoms with Crippen LogP contribution in [-0.2, 0) is 11.2 Å². The van der Waals surface area contributed by atoms with E-state index in [1.807, 2.05) is 25.1 Å². The van der Waals surface area contributed by atoms with Gasteiger partial charge in [0.05, 0.1) is 0 Å². The molecule has 1 aromatic heterocycles. The zero-order valence-electron chi connectivity index (χ0n) is 12.8. The van der Waals surface area contributed by atoms with E-state index in [1.165, 1.54) is 0 Å². The summed E-state index contributed by atoms with van der Waals surface area (Å²) in [7, 11) is 0. The van der Waals surface area contributed by atoms with Gasteiger partial charge >= 0.3 is 0 Å². The van der Waals surface area contributed by atoms with Crippen molar-refractivity contribution >= 4 is 35.8 Å². The van der Waals surface area contributed by atoms with Crippen LogP contribution in [0.1, 0.15) is 25.5 Å². The van der Waals surface area contributed by atoms with Crippen LogP contribution in [0.3, 0.4) is 0 Å². The maximum absolute atomic E-state index is 11.6. The Kier molecular flexibility index (Phi) is 8.79. The van der Waals surface area contributed by atoms with Crippen molar-refractivity contribution in [3.05, 3.63) is 30.1 Å². The molecule has 22 heavy (non-hydrogen) atoms. The van der Waals surface area contributed by atoms with Crippen LogP contribution in [0.25, 0.3) is 0 Å². The van der Waals surface area contributed by atoms with Gasteiger partial charge in [-0.15, -0.1) is 24.0 Å². The van der Waals surface area contributed by atoms with Crippen LogP contribution >= 0.6 is 24.0 Å². The van der Waals surface area contributed by atoms with Gasteiger partial charge in [0, 0.05) is 37.4 Å². The standard InChI is InChI=1S/C15H23N5O.HI/c1-2-16-15(19-11-14(21)20-13-6-7-13)18-10-8-12-5-3-4-9-17-12;/h3-5,9,13H,2,6-8,10-11H2,1H3,(H,20,21)(H2,16,18,19);1H. The number of carbonyl (C=O) groups is 1. The summed E-state index contributed by atoms with van der Waals surface area (Å²) in [6, 6.07) is 6.26. The Balaban J connectivity index is 0.00000242. The largest absolute Gasteiger partial charge is 0.357 e. The van der Waals surface area contributed by atoms with Crippen LogP contribution in [0.4, 0.5) is 0 Å². The number of guanidine groups is 1. The molecule has 0 radical (unpaired) electrons. The molecular weight excluding hydrogens is 393 g/mol. The number of pyridine rings is 1. The van der Waals surface area contributed by atoms with Crippen LogP contribution in [0.5, 0.6) is 0 Å². The number of rotatable bonds is 7. The molecule has 0 bridgehead atoms. The van der Waals surface area contributed by atoms with Gasteiger partial charge in [-0.3, -0.25) is 9.78 Å². The van der Waals surface area contributed by atoms with Crippen LogP contribution in [0.15, 0.2) is 29.4 Å². The summed E-state index contributed by atoms with van der Waals surface area (Å²) < 4.78 is 0. The summed E-state index contributed by atoms with van der Waals surface area (Å²) in [6.07, 6.45) is 4.80. The monoisotopic (exact) mass is 417 g/mol. The zero-order valence-corrected chi connectivity index (χ0v) is 15.2. The molecule has 7 heteroatoms. The minimum Gasteiger partial charge on any atom is -0.357 e. The van der Waals surface area contributed by atoms with E-state index in [0.717, 1.165) is 38.0 Å². The quantitative estimate of drug-likeness (QED) is 0.353. The number of halogens is 1. The van der Waals surface area contributed by atoms with Crippen molar-refractivity contribution in [2.75, 3.05) is 19.6 Å². The highest BCUT2D eigenvalue weighted by molar-refractivity contribution is 14.0. The summed E-state index contributed by atoms with van der Waals surface area (Å²) in [5.74, 6) is 0.652. The molecule has 6 nitrogen and oxygen atoms in total. The van der Waals surface area contributed by atoms with Gasteiger partial charge in [0.2, 0.25) is 5.91 Å². The molecule has 2 rings (SSSR count). The molecule has 1 aliphatic rings. The van der Waals surface area contributed by atoms with Gasteiger partial charge in [-0.25, -0.2) is 4.99 Å². The Bertz CT molecular complexity index is 476. The lowest BCUT2D eigenvalue weighted by molar-refractivity contribution is -0.119. The molecule has 1 heterocycles. The molecule has 0 saturated heterocycles. The third kappa shape index (κ3) is 7.58. The first-order chi connectivity index (χ1) is 10.3. The van der Waals surface area contributed by atoms with E-state index in [1.54, 1.807) is 6.20 Å². The lowest BCUT2D eigenvalue weighted by Gasteiger charge is -2.11. The number of aromatic nitrogens is 1. The smallest absolute Gasteiger partial charge is 0.242 e. The molecule has 122 valence electrons. The average Bonchev–Trinajstić information content (AvgIpc) is 3.30. The molecule has 0 spiro atoms. The minimum atomic E-state index is -0.0144. The number of amides is 1. The lowest BCUT2D eigenvalue weighted by atomic mass is 10.3. The second-order valence-corrected chi connectivity index (χ2v) is 5.03. The second kappa shape index (κ2) is 10.4. The van der Waals surface area contributed by atoms with Crippen LogP contribution in [0, 0.1) is 0 Å². The van der Waals surface area contributed by atoms with E-state index < -0.39 is 0 Å². The highest BCUT2D eigenvalue weighted by Gasteiger charge is 2.22. The van der Waals surface area contributed by atoms with E-state index in [-0.39, 0.29) is 36.4 Å². The van der Waals surface area contributed by atoms with Gasteiger partial charge in [-0.1, -0.05) is 6.07 Å². The molecule has 0 aliphatic heterocycles. The van der Waals surface area contributed by atoms with E-state index >= 15 is 0 Å². The van der Waals surface area contributed by atoms with Crippen LogP contribution in [0.2, 0.25) is 0 Å². The molecule has 3 N–H and O–H groups in total. The molecular formula is C15H24IN5O. The number of hydrogen-bond donors (Lipinski definition) is 3. The summed E-state index contributed by atoms with van der Waals surface area (Å²) >= 11 is 0. The molecule has 1 saturated carbocycles. The van der Waals surface area contributed by atoms with Gasteiger partial charge in [0.1, 0.15) is 6.54 Å². The van der Waals surface area contributed by atoms with Gasteiger partial charge in [-0.2, -0.15) is 0 Å². The number of nitrogens with zero attached hydrogens (tertiary/aromatic N) is 2. The number of hydrogen-bond acceptors (Lipinski definition) is 3. The first-order valence-corrected chi connectivity index (χ1v) is 7.49. The molecule has 1 aromatic rings. The van der Waals surface area contributed by atoms with Crippen molar-refractivity contribution < 1.29 is 4.79 Å². The van der Waals surface area contributed by atoms with Crippen LogP contribution < -0.4 is 16.0 Å². The second-order valence-electron chi connectivity index (χ2n) is 5.03. The molecule has 1 amide bonds. The molecule has 0 aromatic carbocycles. The van der Waals surface area contributed by atoms with Crippen molar-refractivity contribution in [3.8, 4) is 0 Å². The Morgan fingerprint density at radius 3 is 2.82 bits per heavy atom.